The molecule has 0 spiro atoms. The van der Waals surface area contributed by atoms with Gasteiger partial charge in [0, 0.05) is 56.3 Å². The third-order valence-corrected chi connectivity index (χ3v) is 11.2. The summed E-state index contributed by atoms with van der Waals surface area (Å²) in [6.07, 6.45) is -1.36. The highest BCUT2D eigenvalue weighted by Crippen LogP contribution is 2.42. The lowest BCUT2D eigenvalue weighted by molar-refractivity contribution is -0.138. The van der Waals surface area contributed by atoms with Gasteiger partial charge in [-0.15, -0.1) is 10.2 Å². The molecule has 1 N–H and O–H groups in total. The van der Waals surface area contributed by atoms with E-state index in [0.717, 1.165) is 35.4 Å². The van der Waals surface area contributed by atoms with Crippen LogP contribution in [0.25, 0.3) is 0 Å². The number of nitrogens with zero attached hydrogens (tertiary/aromatic N) is 5. The van der Waals surface area contributed by atoms with Gasteiger partial charge in [-0.1, -0.05) is 36.4 Å². The van der Waals surface area contributed by atoms with Crippen LogP contribution < -0.4 is 10.2 Å². The van der Waals surface area contributed by atoms with Crippen molar-refractivity contribution in [3.63, 3.8) is 0 Å². The molecule has 1 aromatic heterocycles. The van der Waals surface area contributed by atoms with E-state index in [0.29, 0.717) is 90.1 Å². The number of ether oxygens (including phenoxy) is 5. The largest absolute Gasteiger partial charge is 0.444 e. The van der Waals surface area contributed by atoms with E-state index in [1.165, 1.54) is 11.0 Å². The van der Waals surface area contributed by atoms with E-state index in [-0.39, 0.29) is 29.2 Å². The molecule has 0 bridgehead atoms. The summed E-state index contributed by atoms with van der Waals surface area (Å²) in [5.41, 5.74) is 2.41. The van der Waals surface area contributed by atoms with Gasteiger partial charge in [0.1, 0.15) is 17.8 Å². The number of alkyl halides is 3. The zero-order valence-electron chi connectivity index (χ0n) is 35.3. The van der Waals surface area contributed by atoms with Gasteiger partial charge < -0.3 is 38.5 Å². The number of hydrogen-bond donors (Lipinski definition) is 1. The molecule has 2 fully saturated rings. The van der Waals surface area contributed by atoms with E-state index in [1.807, 2.05) is 74.9 Å². The monoisotopic (exact) mass is 848 g/mol. The molecule has 0 saturated carbocycles. The number of carbonyl (C=O) groups is 2. The Kier molecular flexibility index (Phi) is 13.8. The maximum absolute atomic E-state index is 14.6. The number of alkyl carbamates (subject to hydrolysis) is 1. The Hall–Kier alpha value is -4.87. The Morgan fingerprint density at radius 1 is 0.934 bits per heavy atom. The molecular formula is C45H55F3N6O7. The number of anilines is 1. The average Bonchev–Trinajstić information content (AvgIpc) is 3.76. The fourth-order valence-corrected chi connectivity index (χ4v) is 7.93. The fourth-order valence-electron chi connectivity index (χ4n) is 7.93. The Labute approximate surface area is 354 Å². The number of rotatable bonds is 17. The van der Waals surface area contributed by atoms with Crippen LogP contribution in [0.5, 0.6) is 0 Å². The van der Waals surface area contributed by atoms with Crippen molar-refractivity contribution in [3.05, 3.63) is 112 Å². The van der Waals surface area contributed by atoms with Crippen LogP contribution in [0.1, 0.15) is 83.2 Å². The van der Waals surface area contributed by atoms with Crippen LogP contribution in [0.3, 0.4) is 0 Å². The standard InChI is InChI=1S/C45H55F3N6O7/c1-43(2,3)61-42(56)49-14-17-57-26-31-8-10-32(11-9-31)27-58-18-19-60-36-12-15-53(16-13-36)24-33-20-37-38(39(21-33)45(46,47)48)25-54(41(37)55)35-7-5-6-34(22-35)44(28-59-29-44)23-40-51-50-30-52(40)4/h5-11,20-22,30,36H,12-19,23-29H2,1-4H3,(H,49,56). The molecule has 61 heavy (non-hydrogen) atoms. The van der Waals surface area contributed by atoms with Crippen molar-refractivity contribution in [2.75, 3.05) is 57.6 Å². The summed E-state index contributed by atoms with van der Waals surface area (Å²) in [6, 6.07) is 18.3. The molecule has 0 unspecified atom stereocenters. The minimum absolute atomic E-state index is 0.00607. The summed E-state index contributed by atoms with van der Waals surface area (Å²) in [7, 11) is 1.88. The minimum atomic E-state index is -4.62. The predicted molar refractivity (Wildman–Crippen MR) is 220 cm³/mol. The number of aryl methyl sites for hydroxylation is 1. The van der Waals surface area contributed by atoms with Crippen molar-refractivity contribution in [1.82, 2.24) is 25.0 Å². The Bertz CT molecular complexity index is 2130. The van der Waals surface area contributed by atoms with E-state index in [1.54, 1.807) is 18.5 Å². The number of aromatic nitrogens is 3. The first-order valence-electron chi connectivity index (χ1n) is 20.8. The van der Waals surface area contributed by atoms with Crippen LogP contribution in [-0.2, 0) is 75.0 Å². The smallest absolute Gasteiger partial charge is 0.416 e. The minimum Gasteiger partial charge on any atom is -0.444 e. The summed E-state index contributed by atoms with van der Waals surface area (Å²) in [5, 5.41) is 10.9. The van der Waals surface area contributed by atoms with Crippen LogP contribution >= 0.6 is 0 Å². The summed E-state index contributed by atoms with van der Waals surface area (Å²) in [4.78, 5) is 29.2. The second-order valence-electron chi connectivity index (χ2n) is 17.1. The topological polar surface area (TPSA) is 130 Å². The lowest BCUT2D eigenvalue weighted by Crippen LogP contribution is -2.49. The number of carbonyl (C=O) groups excluding carboxylic acids is 2. The van der Waals surface area contributed by atoms with E-state index in [2.05, 4.69) is 20.4 Å². The van der Waals surface area contributed by atoms with E-state index in [4.69, 9.17) is 23.7 Å². The molecule has 3 aliphatic rings. The average molecular weight is 849 g/mol. The SMILES string of the molecule is Cn1cnnc1CC1(c2cccc(N3Cc4c(cc(CN5CCC(OCCOCc6ccc(COCCNC(=O)OC(C)(C)C)cc6)CC5)cc4C(F)(F)F)C3=O)c2)COC1. The molecule has 3 aliphatic heterocycles. The van der Waals surface area contributed by atoms with Crippen LogP contribution in [0, 0.1) is 0 Å². The van der Waals surface area contributed by atoms with Crippen molar-refractivity contribution >= 4 is 17.7 Å². The molecule has 16 heteroatoms. The lowest BCUT2D eigenvalue weighted by atomic mass is 9.75. The van der Waals surface area contributed by atoms with E-state index >= 15 is 0 Å². The Morgan fingerprint density at radius 3 is 2.26 bits per heavy atom. The number of hydrogen-bond acceptors (Lipinski definition) is 10. The third-order valence-electron chi connectivity index (χ3n) is 11.2. The first-order chi connectivity index (χ1) is 29.2. The quantitative estimate of drug-likeness (QED) is 0.114. The summed E-state index contributed by atoms with van der Waals surface area (Å²) in [5.74, 6) is 0.358. The molecule has 2 amide bonds. The van der Waals surface area contributed by atoms with Gasteiger partial charge in [-0.25, -0.2) is 4.79 Å². The van der Waals surface area contributed by atoms with Gasteiger partial charge in [-0.3, -0.25) is 9.69 Å². The molecule has 328 valence electrons. The van der Waals surface area contributed by atoms with Crippen molar-refractivity contribution < 1.29 is 46.4 Å². The van der Waals surface area contributed by atoms with Crippen molar-refractivity contribution in [2.45, 2.75) is 89.6 Å². The van der Waals surface area contributed by atoms with Crippen molar-refractivity contribution in [3.8, 4) is 0 Å². The van der Waals surface area contributed by atoms with Crippen molar-refractivity contribution in [1.29, 1.82) is 0 Å². The highest BCUT2D eigenvalue weighted by molar-refractivity contribution is 6.10. The molecule has 0 radical (unpaired) electrons. The highest BCUT2D eigenvalue weighted by Gasteiger charge is 2.44. The van der Waals surface area contributed by atoms with Gasteiger partial charge >= 0.3 is 12.3 Å². The molecular weight excluding hydrogens is 794 g/mol. The summed E-state index contributed by atoms with van der Waals surface area (Å²) >= 11 is 0. The number of fused-ring (bicyclic) bond motifs is 1. The van der Waals surface area contributed by atoms with Gasteiger partial charge in [0.05, 0.1) is 64.5 Å². The maximum Gasteiger partial charge on any atom is 0.416 e. The summed E-state index contributed by atoms with van der Waals surface area (Å²) < 4.78 is 74.0. The number of amides is 2. The van der Waals surface area contributed by atoms with E-state index in [9.17, 15) is 22.8 Å². The van der Waals surface area contributed by atoms with Gasteiger partial charge in [0.15, 0.2) is 0 Å². The molecule has 13 nitrogen and oxygen atoms in total. The normalized spacial score (nSPS) is 17.0. The molecule has 0 atom stereocenters. The fraction of sp³-hybridized carbons (Fsp3) is 0.511. The number of nitrogens with one attached hydrogen (secondary N) is 1. The van der Waals surface area contributed by atoms with E-state index < -0.39 is 29.3 Å². The predicted octanol–water partition coefficient (Wildman–Crippen LogP) is 6.74. The van der Waals surface area contributed by atoms with Crippen LogP contribution in [0.4, 0.5) is 23.7 Å². The molecule has 4 aromatic rings. The zero-order chi connectivity index (χ0) is 43.2. The number of likely N-dealkylation sites (tertiary alicyclic amines) is 1. The highest BCUT2D eigenvalue weighted by atomic mass is 19.4. The lowest BCUT2D eigenvalue weighted by Gasteiger charge is -2.42. The molecule has 0 aliphatic carbocycles. The van der Waals surface area contributed by atoms with Crippen LogP contribution in [0.2, 0.25) is 0 Å². The molecule has 3 aromatic carbocycles. The summed E-state index contributed by atoms with van der Waals surface area (Å²) in [6.45, 7) is 10.3. The first kappa shape index (κ1) is 44.2. The maximum atomic E-state index is 14.6. The van der Waals surface area contributed by atoms with Gasteiger partial charge in [0.2, 0.25) is 0 Å². The number of halogens is 3. The first-order valence-corrected chi connectivity index (χ1v) is 20.8. The second kappa shape index (κ2) is 19.0. The van der Waals surface area contributed by atoms with Crippen molar-refractivity contribution in [2.24, 2.45) is 7.05 Å². The number of piperidine rings is 1. The van der Waals surface area contributed by atoms with Gasteiger partial charge in [-0.05, 0) is 85.7 Å². The third kappa shape index (κ3) is 11.3. The zero-order valence-corrected chi connectivity index (χ0v) is 35.3. The van der Waals surface area contributed by atoms with Gasteiger partial charge in [0.25, 0.3) is 5.91 Å². The second-order valence-corrected chi connectivity index (χ2v) is 17.1. The Balaban J connectivity index is 0.850. The molecule has 4 heterocycles. The van der Waals surface area contributed by atoms with Crippen LogP contribution in [0.15, 0.2) is 67.0 Å². The number of benzene rings is 3. The molecule has 2 saturated heterocycles. The Morgan fingerprint density at radius 2 is 1.64 bits per heavy atom. The molecule has 7 rings (SSSR count). The van der Waals surface area contributed by atoms with Gasteiger partial charge in [-0.2, -0.15) is 13.2 Å². The van der Waals surface area contributed by atoms with Crippen LogP contribution in [-0.4, -0.2) is 96.0 Å².